The number of hydrazone groups is 1. The average Bonchev–Trinajstić information content (AvgIpc) is 3.30. The molecule has 182 valence electrons. The maximum atomic E-state index is 12.7. The van der Waals surface area contributed by atoms with E-state index in [1.165, 1.54) is 18.2 Å². The number of nitrogens with zero attached hydrogens (tertiary/aromatic N) is 3. The number of fused-ring (bicyclic) bond motifs is 1. The van der Waals surface area contributed by atoms with Crippen molar-refractivity contribution in [3.05, 3.63) is 70.7 Å². The molecule has 1 atom stereocenters. The average molecular weight is 495 g/mol. The summed E-state index contributed by atoms with van der Waals surface area (Å²) in [6, 6.07) is 15.6. The molecule has 8 nitrogen and oxygen atoms in total. The second-order valence-electron chi connectivity index (χ2n) is 8.56. The summed E-state index contributed by atoms with van der Waals surface area (Å²) in [5, 5.41) is 15.4. The Kier molecular flexibility index (Phi) is 7.53. The second kappa shape index (κ2) is 10.8. The Bertz CT molecular complexity index is 1280. The molecule has 0 aromatic heterocycles. The second-order valence-corrected chi connectivity index (χ2v) is 8.97. The van der Waals surface area contributed by atoms with Gasteiger partial charge in [-0.25, -0.2) is 5.43 Å². The zero-order valence-corrected chi connectivity index (χ0v) is 20.3. The Labute approximate surface area is 208 Å². The van der Waals surface area contributed by atoms with E-state index in [0.717, 1.165) is 35.8 Å². The van der Waals surface area contributed by atoms with Crippen LogP contribution in [0.15, 0.2) is 59.7 Å². The van der Waals surface area contributed by atoms with Crippen LogP contribution in [0.1, 0.15) is 22.3 Å². The Hall–Kier alpha value is -3.62. The number of likely N-dealkylation sites (tertiary alicyclic amines) is 1. The molecule has 0 bridgehead atoms. The predicted octanol–water partition coefficient (Wildman–Crippen LogP) is 3.50. The van der Waals surface area contributed by atoms with Crippen molar-refractivity contribution in [1.82, 2.24) is 15.2 Å². The zero-order chi connectivity index (χ0) is 24.9. The highest BCUT2D eigenvalue weighted by atomic mass is 35.5. The zero-order valence-electron chi connectivity index (χ0n) is 19.6. The van der Waals surface area contributed by atoms with Crippen molar-refractivity contribution in [2.24, 2.45) is 5.10 Å². The van der Waals surface area contributed by atoms with Gasteiger partial charge in [-0.05, 0) is 55.7 Å². The standard InChI is InChI=1S/C26H27ClN4O4/c1-30-12-11-19(15-30)31(2)25(33)16-35-24-10-8-18(20-5-3-4-6-21(20)24)14-28-29-26(34)17-7-9-23(32)22(27)13-17/h3-10,13-14,19,32H,11-12,15-16H2,1-2H3,(H,29,34). The largest absolute Gasteiger partial charge is 0.506 e. The van der Waals surface area contributed by atoms with Crippen LogP contribution in [0.25, 0.3) is 10.8 Å². The fourth-order valence-electron chi connectivity index (χ4n) is 4.08. The van der Waals surface area contributed by atoms with Crippen LogP contribution in [0.4, 0.5) is 0 Å². The molecule has 3 aromatic rings. The smallest absolute Gasteiger partial charge is 0.271 e. The normalized spacial score (nSPS) is 16.0. The summed E-state index contributed by atoms with van der Waals surface area (Å²) >= 11 is 5.86. The maximum Gasteiger partial charge on any atom is 0.271 e. The van der Waals surface area contributed by atoms with E-state index in [1.54, 1.807) is 17.2 Å². The number of aromatic hydroxyl groups is 1. The SMILES string of the molecule is CN1CCC(N(C)C(=O)COc2ccc(C=NNC(=O)c3ccc(O)c(Cl)c3)c3ccccc23)C1. The van der Waals surface area contributed by atoms with Crippen molar-refractivity contribution >= 4 is 40.4 Å². The van der Waals surface area contributed by atoms with E-state index in [2.05, 4.69) is 22.5 Å². The monoisotopic (exact) mass is 494 g/mol. The number of hydrogen-bond donors (Lipinski definition) is 2. The molecule has 0 saturated carbocycles. The quantitative estimate of drug-likeness (QED) is 0.387. The van der Waals surface area contributed by atoms with E-state index in [1.807, 2.05) is 37.4 Å². The summed E-state index contributed by atoms with van der Waals surface area (Å²) in [5.74, 6) is -0.00800. The summed E-state index contributed by atoms with van der Waals surface area (Å²) in [4.78, 5) is 29.0. The number of benzene rings is 3. The van der Waals surface area contributed by atoms with Gasteiger partial charge in [0, 0.05) is 36.1 Å². The first-order chi connectivity index (χ1) is 16.8. The van der Waals surface area contributed by atoms with Gasteiger partial charge in [0.15, 0.2) is 6.61 Å². The van der Waals surface area contributed by atoms with Crippen molar-refractivity contribution in [1.29, 1.82) is 0 Å². The minimum absolute atomic E-state index is 0.0423. The number of phenolic OH excluding ortho intramolecular Hbond substituents is 1. The van der Waals surface area contributed by atoms with Gasteiger partial charge in [-0.1, -0.05) is 35.9 Å². The Morgan fingerprint density at radius 3 is 2.71 bits per heavy atom. The lowest BCUT2D eigenvalue weighted by atomic mass is 10.0. The highest BCUT2D eigenvalue weighted by Gasteiger charge is 2.26. The number of halogens is 1. The lowest BCUT2D eigenvalue weighted by Gasteiger charge is -2.24. The molecule has 1 fully saturated rings. The number of carbonyl (C=O) groups is 2. The van der Waals surface area contributed by atoms with Gasteiger partial charge in [-0.15, -0.1) is 0 Å². The molecule has 1 heterocycles. The maximum absolute atomic E-state index is 12.7. The first-order valence-electron chi connectivity index (χ1n) is 11.2. The van der Waals surface area contributed by atoms with E-state index in [0.29, 0.717) is 5.75 Å². The number of carbonyl (C=O) groups excluding carboxylic acids is 2. The fraction of sp³-hybridized carbons (Fsp3) is 0.269. The number of ether oxygens (including phenoxy) is 1. The molecule has 0 aliphatic carbocycles. The molecular weight excluding hydrogens is 468 g/mol. The third-order valence-corrected chi connectivity index (χ3v) is 6.46. The number of amides is 2. The van der Waals surface area contributed by atoms with Crippen LogP contribution >= 0.6 is 11.6 Å². The number of hydrogen-bond acceptors (Lipinski definition) is 6. The van der Waals surface area contributed by atoms with E-state index < -0.39 is 5.91 Å². The molecule has 1 aliphatic heterocycles. The topological polar surface area (TPSA) is 94.5 Å². The number of rotatable bonds is 7. The van der Waals surface area contributed by atoms with E-state index in [-0.39, 0.29) is 34.9 Å². The molecule has 9 heteroatoms. The molecule has 3 aromatic carbocycles. The van der Waals surface area contributed by atoms with Crippen LogP contribution in [-0.4, -0.2) is 72.8 Å². The van der Waals surface area contributed by atoms with Crippen molar-refractivity contribution in [2.75, 3.05) is 33.8 Å². The minimum atomic E-state index is -0.455. The summed E-state index contributed by atoms with van der Waals surface area (Å²) < 4.78 is 5.91. The van der Waals surface area contributed by atoms with Crippen molar-refractivity contribution in [3.8, 4) is 11.5 Å². The molecule has 0 radical (unpaired) electrons. The van der Waals surface area contributed by atoms with Gasteiger partial charge in [-0.3, -0.25) is 9.59 Å². The van der Waals surface area contributed by atoms with Crippen LogP contribution < -0.4 is 10.2 Å². The van der Waals surface area contributed by atoms with Crippen molar-refractivity contribution in [2.45, 2.75) is 12.5 Å². The van der Waals surface area contributed by atoms with Crippen LogP contribution in [0.5, 0.6) is 11.5 Å². The fourth-order valence-corrected chi connectivity index (χ4v) is 4.26. The van der Waals surface area contributed by atoms with E-state index in [4.69, 9.17) is 16.3 Å². The first-order valence-corrected chi connectivity index (χ1v) is 11.6. The van der Waals surface area contributed by atoms with Crippen LogP contribution in [-0.2, 0) is 4.79 Å². The molecule has 0 spiro atoms. The van der Waals surface area contributed by atoms with Gasteiger partial charge in [0.2, 0.25) is 0 Å². The number of nitrogens with one attached hydrogen (secondary N) is 1. The third kappa shape index (κ3) is 5.72. The molecule has 2 amide bonds. The van der Waals surface area contributed by atoms with Gasteiger partial charge in [0.05, 0.1) is 11.2 Å². The molecule has 2 N–H and O–H groups in total. The Balaban J connectivity index is 1.44. The molecule has 1 saturated heterocycles. The van der Waals surface area contributed by atoms with E-state index in [9.17, 15) is 14.7 Å². The van der Waals surface area contributed by atoms with Crippen LogP contribution in [0, 0.1) is 0 Å². The third-order valence-electron chi connectivity index (χ3n) is 6.16. The Morgan fingerprint density at radius 1 is 1.23 bits per heavy atom. The molecule has 4 rings (SSSR count). The summed E-state index contributed by atoms with van der Waals surface area (Å²) in [7, 11) is 3.88. The van der Waals surface area contributed by atoms with Crippen LogP contribution in [0.3, 0.4) is 0 Å². The summed E-state index contributed by atoms with van der Waals surface area (Å²) in [5.41, 5.74) is 3.51. The number of phenols is 1. The Morgan fingerprint density at radius 2 is 2.00 bits per heavy atom. The summed E-state index contributed by atoms with van der Waals surface area (Å²) in [6.45, 7) is 1.81. The van der Waals surface area contributed by atoms with Crippen molar-refractivity contribution in [3.63, 3.8) is 0 Å². The molecule has 1 unspecified atom stereocenters. The first kappa shape index (κ1) is 24.5. The van der Waals surface area contributed by atoms with Gasteiger partial charge in [0.25, 0.3) is 11.8 Å². The molecule has 1 aliphatic rings. The van der Waals surface area contributed by atoms with Gasteiger partial charge in [-0.2, -0.15) is 5.10 Å². The highest BCUT2D eigenvalue weighted by Crippen LogP contribution is 2.28. The number of likely N-dealkylation sites (N-methyl/N-ethyl adjacent to an activating group) is 2. The molecular formula is C26H27ClN4O4. The van der Waals surface area contributed by atoms with Gasteiger partial charge < -0.3 is 19.6 Å². The van der Waals surface area contributed by atoms with Gasteiger partial charge in [0.1, 0.15) is 11.5 Å². The predicted molar refractivity (Wildman–Crippen MR) is 136 cm³/mol. The van der Waals surface area contributed by atoms with Crippen molar-refractivity contribution < 1.29 is 19.4 Å². The molecule has 35 heavy (non-hydrogen) atoms. The van der Waals surface area contributed by atoms with Gasteiger partial charge >= 0.3 is 0 Å². The summed E-state index contributed by atoms with van der Waals surface area (Å²) in [6.07, 6.45) is 2.51. The van der Waals surface area contributed by atoms with E-state index >= 15 is 0 Å². The lowest BCUT2D eigenvalue weighted by Crippen LogP contribution is -2.41. The van der Waals surface area contributed by atoms with Crippen LogP contribution in [0.2, 0.25) is 5.02 Å². The lowest BCUT2D eigenvalue weighted by molar-refractivity contribution is -0.133. The highest BCUT2D eigenvalue weighted by molar-refractivity contribution is 6.32. The minimum Gasteiger partial charge on any atom is -0.506 e.